The smallest absolute Gasteiger partial charge is 0.261 e. The number of amides is 1. The molecule has 1 fully saturated rings. The van der Waals surface area contributed by atoms with Crippen LogP contribution in [0, 0.1) is 0 Å². The predicted molar refractivity (Wildman–Crippen MR) is 109 cm³/mol. The molecule has 1 aliphatic rings. The number of nitrogens with one attached hydrogen (secondary N) is 1. The second-order valence-electron chi connectivity index (χ2n) is 6.19. The van der Waals surface area contributed by atoms with E-state index in [1.54, 1.807) is 6.07 Å². The second-order valence-corrected chi connectivity index (χ2v) is 8.51. The van der Waals surface area contributed by atoms with Gasteiger partial charge in [0.2, 0.25) is 0 Å². The van der Waals surface area contributed by atoms with Gasteiger partial charge in [-0.1, -0.05) is 6.92 Å². The van der Waals surface area contributed by atoms with E-state index in [4.69, 9.17) is 14.0 Å². The summed E-state index contributed by atoms with van der Waals surface area (Å²) in [7, 11) is -0.738. The van der Waals surface area contributed by atoms with Crippen molar-refractivity contribution in [2.75, 3.05) is 40.1 Å². The van der Waals surface area contributed by atoms with Crippen LogP contribution in [0.5, 0.6) is 17.2 Å². The van der Waals surface area contributed by atoms with Crippen molar-refractivity contribution in [1.29, 1.82) is 0 Å². The molecule has 2 rings (SSSR count). The standard InChI is InChI=1S/C16H23BrN2O4.CH4O3S/c1-4-19-7-5-6-10(19)9-18-16(21)13-14(20)11(17)8-12(22-2)15(13)23-3;1-5(2,3)4/h8,10,20H,4-7,9H2,1-3H3,(H,18,21);1H3,(H,2,3,4)/t10-;/m0./s1. The van der Waals surface area contributed by atoms with E-state index in [1.807, 2.05) is 0 Å². The zero-order chi connectivity index (χ0) is 21.5. The van der Waals surface area contributed by atoms with Crippen molar-refractivity contribution in [3.05, 3.63) is 16.1 Å². The molecule has 1 aliphatic heterocycles. The Labute approximate surface area is 173 Å². The Hall–Kier alpha value is -1.56. The molecule has 1 aromatic carbocycles. The third-order valence-corrected chi connectivity index (χ3v) is 4.83. The monoisotopic (exact) mass is 482 g/mol. The van der Waals surface area contributed by atoms with E-state index >= 15 is 0 Å². The number of phenolic OH excluding ortho intramolecular Hbond substituents is 1. The van der Waals surface area contributed by atoms with Gasteiger partial charge in [-0.25, -0.2) is 0 Å². The van der Waals surface area contributed by atoms with Crippen LogP contribution >= 0.6 is 15.9 Å². The summed E-state index contributed by atoms with van der Waals surface area (Å²) in [4.78, 5) is 14.9. The number of likely N-dealkylation sites (tertiary alicyclic amines) is 1. The van der Waals surface area contributed by atoms with Gasteiger partial charge in [0.25, 0.3) is 16.0 Å². The van der Waals surface area contributed by atoms with Crippen LogP contribution in [0.1, 0.15) is 30.1 Å². The van der Waals surface area contributed by atoms with E-state index in [-0.39, 0.29) is 23.0 Å². The fraction of sp³-hybridized carbons (Fsp3) is 0.588. The van der Waals surface area contributed by atoms with Crippen molar-refractivity contribution in [3.8, 4) is 17.2 Å². The van der Waals surface area contributed by atoms with Crippen LogP contribution in [0.25, 0.3) is 0 Å². The Morgan fingerprint density at radius 2 is 2.00 bits per heavy atom. The van der Waals surface area contributed by atoms with Crippen molar-refractivity contribution in [3.63, 3.8) is 0 Å². The van der Waals surface area contributed by atoms with Gasteiger partial charge in [-0.05, 0) is 41.9 Å². The van der Waals surface area contributed by atoms with Crippen molar-refractivity contribution in [1.82, 2.24) is 10.2 Å². The van der Waals surface area contributed by atoms with Gasteiger partial charge in [-0.2, -0.15) is 8.42 Å². The van der Waals surface area contributed by atoms with Crippen molar-refractivity contribution < 1.29 is 32.3 Å². The summed E-state index contributed by atoms with van der Waals surface area (Å²) in [6.45, 7) is 4.70. The number of likely N-dealkylation sites (N-methyl/N-ethyl adjacent to an activating group) is 1. The van der Waals surface area contributed by atoms with Gasteiger partial charge < -0.3 is 19.9 Å². The van der Waals surface area contributed by atoms with E-state index in [9.17, 15) is 18.3 Å². The molecule has 1 atom stereocenters. The third kappa shape index (κ3) is 7.12. The molecule has 0 aliphatic carbocycles. The van der Waals surface area contributed by atoms with Crippen molar-refractivity contribution >= 4 is 32.0 Å². The Morgan fingerprint density at radius 1 is 1.39 bits per heavy atom. The molecule has 0 spiro atoms. The number of carbonyl (C=O) groups excluding carboxylic acids is 1. The summed E-state index contributed by atoms with van der Waals surface area (Å²) in [5, 5.41) is 13.1. The summed E-state index contributed by atoms with van der Waals surface area (Å²) in [5.41, 5.74) is 0.0831. The lowest BCUT2D eigenvalue weighted by Crippen LogP contribution is -2.40. The van der Waals surface area contributed by atoms with Gasteiger partial charge in [0.15, 0.2) is 11.5 Å². The summed E-state index contributed by atoms with van der Waals surface area (Å²) >= 11 is 3.23. The number of phenols is 1. The molecular formula is C17H27BrN2O7S. The predicted octanol–water partition coefficient (Wildman–Crippen LogP) is 1.89. The van der Waals surface area contributed by atoms with Crippen LogP contribution < -0.4 is 14.8 Å². The van der Waals surface area contributed by atoms with E-state index in [2.05, 4.69) is 33.1 Å². The minimum atomic E-state index is -3.67. The maximum absolute atomic E-state index is 12.6. The fourth-order valence-corrected chi connectivity index (χ4v) is 3.41. The van der Waals surface area contributed by atoms with Crippen molar-refractivity contribution in [2.45, 2.75) is 25.8 Å². The Balaban J connectivity index is 0.000000696. The number of halogens is 1. The lowest BCUT2D eigenvalue weighted by molar-refractivity contribution is 0.0934. The van der Waals surface area contributed by atoms with Gasteiger partial charge in [0, 0.05) is 18.7 Å². The molecule has 1 heterocycles. The van der Waals surface area contributed by atoms with Gasteiger partial charge >= 0.3 is 0 Å². The quantitative estimate of drug-likeness (QED) is 0.524. The number of carbonyl (C=O) groups is 1. The molecule has 3 N–H and O–H groups in total. The molecule has 160 valence electrons. The molecule has 0 aromatic heterocycles. The summed E-state index contributed by atoms with van der Waals surface area (Å²) < 4.78 is 36.7. The zero-order valence-corrected chi connectivity index (χ0v) is 18.8. The number of benzene rings is 1. The maximum atomic E-state index is 12.6. The number of aromatic hydroxyl groups is 1. The molecule has 0 saturated carbocycles. The minimum Gasteiger partial charge on any atom is -0.506 e. The molecule has 9 nitrogen and oxygen atoms in total. The third-order valence-electron chi connectivity index (χ3n) is 4.23. The van der Waals surface area contributed by atoms with Crippen LogP contribution in [-0.2, 0) is 10.1 Å². The largest absolute Gasteiger partial charge is 0.506 e. The Kier molecular flexibility index (Phi) is 9.48. The van der Waals surface area contributed by atoms with E-state index in [0.29, 0.717) is 29.1 Å². The lowest BCUT2D eigenvalue weighted by Gasteiger charge is -2.23. The molecule has 0 radical (unpaired) electrons. The average molecular weight is 483 g/mol. The number of methoxy groups -OCH3 is 2. The van der Waals surface area contributed by atoms with Crippen LogP contribution in [0.3, 0.4) is 0 Å². The van der Waals surface area contributed by atoms with E-state index < -0.39 is 10.1 Å². The van der Waals surface area contributed by atoms with Crippen LogP contribution in [0.2, 0.25) is 0 Å². The van der Waals surface area contributed by atoms with Gasteiger partial charge in [-0.15, -0.1) is 0 Å². The van der Waals surface area contributed by atoms with Crippen molar-refractivity contribution in [2.24, 2.45) is 0 Å². The van der Waals surface area contributed by atoms with Gasteiger partial charge in [0.1, 0.15) is 11.3 Å². The van der Waals surface area contributed by atoms with Gasteiger partial charge in [0.05, 0.1) is 24.9 Å². The molecule has 1 amide bonds. The lowest BCUT2D eigenvalue weighted by atomic mass is 10.1. The number of hydrogen-bond acceptors (Lipinski definition) is 7. The maximum Gasteiger partial charge on any atom is 0.261 e. The SMILES string of the molecule is CCN1CCC[C@H]1CNC(=O)c1c(O)c(Br)cc(OC)c1OC.CS(=O)(=O)O. The van der Waals surface area contributed by atoms with Crippen LogP contribution in [0.15, 0.2) is 10.5 Å². The fourth-order valence-electron chi connectivity index (χ4n) is 3.01. The Morgan fingerprint density at radius 3 is 2.50 bits per heavy atom. The number of ether oxygens (including phenoxy) is 2. The summed E-state index contributed by atoms with van der Waals surface area (Å²) in [6.07, 6.45) is 2.93. The first-order chi connectivity index (χ1) is 13.0. The highest BCUT2D eigenvalue weighted by Gasteiger charge is 2.27. The normalized spacial score (nSPS) is 16.9. The van der Waals surface area contributed by atoms with Crippen LogP contribution in [0.4, 0.5) is 0 Å². The average Bonchev–Trinajstić information content (AvgIpc) is 3.07. The minimum absolute atomic E-state index is 0.0831. The highest BCUT2D eigenvalue weighted by Crippen LogP contribution is 2.42. The first-order valence-corrected chi connectivity index (χ1v) is 11.3. The van der Waals surface area contributed by atoms with Gasteiger partial charge in [-0.3, -0.25) is 14.2 Å². The first-order valence-electron chi connectivity index (χ1n) is 8.61. The number of rotatable bonds is 6. The molecule has 0 bridgehead atoms. The summed E-state index contributed by atoms with van der Waals surface area (Å²) in [6, 6.07) is 1.91. The zero-order valence-electron chi connectivity index (χ0n) is 16.4. The second kappa shape index (κ2) is 10.8. The van der Waals surface area contributed by atoms with E-state index in [1.165, 1.54) is 14.2 Å². The molecule has 28 heavy (non-hydrogen) atoms. The molecule has 11 heteroatoms. The number of hydrogen-bond donors (Lipinski definition) is 3. The topological polar surface area (TPSA) is 125 Å². The highest BCUT2D eigenvalue weighted by molar-refractivity contribution is 9.10. The number of nitrogens with zero attached hydrogens (tertiary/aromatic N) is 1. The Bertz CT molecular complexity index is 778. The highest BCUT2D eigenvalue weighted by atomic mass is 79.9. The molecule has 1 saturated heterocycles. The molecule has 0 unspecified atom stereocenters. The van der Waals surface area contributed by atoms with E-state index in [0.717, 1.165) is 25.9 Å². The molecule has 1 aromatic rings. The molecular weight excluding hydrogens is 456 g/mol. The van der Waals surface area contributed by atoms with Crippen LogP contribution in [-0.4, -0.2) is 75.0 Å². The first kappa shape index (κ1) is 24.5. The summed E-state index contributed by atoms with van der Waals surface area (Å²) in [5.74, 6) is 0.0867.